The van der Waals surface area contributed by atoms with Gasteiger partial charge in [0.05, 0.1) is 16.3 Å². The molecule has 2 aromatic carbocycles. The molecule has 0 atom stereocenters. The normalized spacial score (nSPS) is 10.5. The summed E-state index contributed by atoms with van der Waals surface area (Å²) in [4.78, 5) is 17.7. The number of nitrogens with one attached hydrogen (secondary N) is 1. The topological polar surface area (TPSA) is 97.8 Å². The van der Waals surface area contributed by atoms with E-state index < -0.39 is 4.92 Å². The molecule has 0 bridgehead atoms. The highest BCUT2D eigenvalue weighted by atomic mass is 16.6. The third-order valence-electron chi connectivity index (χ3n) is 3.12. The summed E-state index contributed by atoms with van der Waals surface area (Å²) in [5.74, 6) is 0.273. The Bertz CT molecular complexity index is 796. The number of hydrogen-bond acceptors (Lipinski definition) is 4. The average molecular weight is 280 g/mol. The summed E-state index contributed by atoms with van der Waals surface area (Å²) >= 11 is 0. The van der Waals surface area contributed by atoms with Crippen molar-refractivity contribution in [2.24, 2.45) is 0 Å². The van der Waals surface area contributed by atoms with Gasteiger partial charge in [-0.05, 0) is 0 Å². The molecule has 1 heterocycles. The number of nitrogens with two attached hydrogens (primary N) is 1. The molecule has 21 heavy (non-hydrogen) atoms. The molecule has 0 saturated carbocycles. The molecule has 0 unspecified atom stereocenters. The van der Waals surface area contributed by atoms with Gasteiger partial charge in [0, 0.05) is 23.3 Å². The summed E-state index contributed by atoms with van der Waals surface area (Å²) in [5, 5.41) is 10.9. The lowest BCUT2D eigenvalue weighted by Crippen LogP contribution is -1.89. The number of aromatic nitrogens is 2. The van der Waals surface area contributed by atoms with Gasteiger partial charge in [0.15, 0.2) is 5.95 Å². The maximum Gasteiger partial charge on any atom is 0.270 e. The largest absolute Gasteiger partial charge is 0.369 e. The van der Waals surface area contributed by atoms with Crippen LogP contribution in [0.25, 0.3) is 22.5 Å². The first-order valence-corrected chi connectivity index (χ1v) is 6.31. The Balaban J connectivity index is 2.15. The van der Waals surface area contributed by atoms with E-state index in [0.717, 1.165) is 11.3 Å². The van der Waals surface area contributed by atoms with Crippen molar-refractivity contribution in [3.8, 4) is 22.5 Å². The van der Waals surface area contributed by atoms with Crippen LogP contribution >= 0.6 is 0 Å². The van der Waals surface area contributed by atoms with Gasteiger partial charge in [0.1, 0.15) is 0 Å². The third-order valence-corrected chi connectivity index (χ3v) is 3.12. The van der Waals surface area contributed by atoms with Gasteiger partial charge in [-0.3, -0.25) is 10.1 Å². The third kappa shape index (κ3) is 2.46. The number of aromatic amines is 1. The molecule has 0 radical (unpaired) electrons. The smallest absolute Gasteiger partial charge is 0.270 e. The van der Waals surface area contributed by atoms with Crippen LogP contribution in [0.4, 0.5) is 11.6 Å². The molecule has 0 aliphatic carbocycles. The molecule has 3 aromatic rings. The van der Waals surface area contributed by atoms with Crippen LogP contribution in [-0.2, 0) is 0 Å². The second-order valence-corrected chi connectivity index (χ2v) is 4.52. The summed E-state index contributed by atoms with van der Waals surface area (Å²) in [6, 6.07) is 15.9. The van der Waals surface area contributed by atoms with Crippen LogP contribution < -0.4 is 5.73 Å². The van der Waals surface area contributed by atoms with Crippen molar-refractivity contribution in [2.75, 3.05) is 5.73 Å². The van der Waals surface area contributed by atoms with Gasteiger partial charge in [-0.1, -0.05) is 42.5 Å². The first-order chi connectivity index (χ1) is 10.1. The van der Waals surface area contributed by atoms with Gasteiger partial charge >= 0.3 is 0 Å². The maximum absolute atomic E-state index is 10.9. The summed E-state index contributed by atoms with van der Waals surface area (Å²) in [5.41, 5.74) is 8.69. The molecule has 0 fully saturated rings. The van der Waals surface area contributed by atoms with E-state index in [2.05, 4.69) is 9.97 Å². The van der Waals surface area contributed by atoms with Crippen molar-refractivity contribution in [3.63, 3.8) is 0 Å². The molecule has 6 heteroatoms. The van der Waals surface area contributed by atoms with Crippen molar-refractivity contribution in [3.05, 3.63) is 64.7 Å². The number of H-pyrrole nitrogens is 1. The molecule has 0 aliphatic heterocycles. The predicted octanol–water partition coefficient (Wildman–Crippen LogP) is 3.23. The lowest BCUT2D eigenvalue weighted by Gasteiger charge is -2.03. The van der Waals surface area contributed by atoms with Gasteiger partial charge in [-0.25, -0.2) is 4.98 Å². The number of hydrogen-bond donors (Lipinski definition) is 2. The van der Waals surface area contributed by atoms with Crippen molar-refractivity contribution < 1.29 is 4.92 Å². The van der Waals surface area contributed by atoms with Crippen LogP contribution in [-0.4, -0.2) is 14.9 Å². The van der Waals surface area contributed by atoms with Gasteiger partial charge in [-0.15, -0.1) is 0 Å². The standard InChI is InChI=1S/C15H12N4O2/c16-15-17-13(10-5-2-1-3-6-10)14(18-15)11-7-4-8-12(9-11)19(20)21/h1-9H,(H3,16,17,18). The first-order valence-electron chi connectivity index (χ1n) is 6.31. The van der Waals surface area contributed by atoms with E-state index in [-0.39, 0.29) is 11.6 Å². The van der Waals surface area contributed by atoms with Crippen molar-refractivity contribution >= 4 is 11.6 Å². The average Bonchev–Trinajstić information content (AvgIpc) is 2.90. The van der Waals surface area contributed by atoms with Crippen LogP contribution in [0.5, 0.6) is 0 Å². The van der Waals surface area contributed by atoms with Crippen molar-refractivity contribution in [1.29, 1.82) is 0 Å². The number of benzene rings is 2. The Hall–Kier alpha value is -3.15. The minimum atomic E-state index is -0.429. The van der Waals surface area contributed by atoms with E-state index in [1.165, 1.54) is 12.1 Å². The lowest BCUT2D eigenvalue weighted by atomic mass is 10.0. The van der Waals surface area contributed by atoms with Gasteiger partial charge < -0.3 is 10.7 Å². The van der Waals surface area contributed by atoms with Crippen LogP contribution in [0.1, 0.15) is 0 Å². The highest BCUT2D eigenvalue weighted by Gasteiger charge is 2.15. The highest BCUT2D eigenvalue weighted by Crippen LogP contribution is 2.32. The second-order valence-electron chi connectivity index (χ2n) is 4.52. The summed E-state index contributed by atoms with van der Waals surface area (Å²) in [6.07, 6.45) is 0. The van der Waals surface area contributed by atoms with Gasteiger partial charge in [0.2, 0.25) is 0 Å². The molecule has 0 amide bonds. The molecular weight excluding hydrogens is 268 g/mol. The molecule has 3 N–H and O–H groups in total. The molecule has 0 spiro atoms. The van der Waals surface area contributed by atoms with Crippen molar-refractivity contribution in [1.82, 2.24) is 9.97 Å². The Labute approximate surface area is 120 Å². The highest BCUT2D eigenvalue weighted by molar-refractivity contribution is 5.80. The summed E-state index contributed by atoms with van der Waals surface area (Å²) < 4.78 is 0. The zero-order valence-corrected chi connectivity index (χ0v) is 11.0. The fourth-order valence-electron chi connectivity index (χ4n) is 2.18. The lowest BCUT2D eigenvalue weighted by molar-refractivity contribution is -0.384. The van der Waals surface area contributed by atoms with Gasteiger partial charge in [-0.2, -0.15) is 0 Å². The fourth-order valence-corrected chi connectivity index (χ4v) is 2.18. The van der Waals surface area contributed by atoms with E-state index in [4.69, 9.17) is 5.73 Å². The van der Waals surface area contributed by atoms with E-state index in [1.807, 2.05) is 30.3 Å². The molecule has 0 aliphatic rings. The van der Waals surface area contributed by atoms with Crippen LogP contribution in [0, 0.1) is 10.1 Å². The number of nitrogen functional groups attached to an aromatic ring is 1. The van der Waals surface area contributed by atoms with E-state index in [1.54, 1.807) is 12.1 Å². The number of nitro benzene ring substituents is 1. The second kappa shape index (κ2) is 5.09. The molecule has 3 rings (SSSR count). The molecule has 104 valence electrons. The Morgan fingerprint density at radius 2 is 1.76 bits per heavy atom. The number of imidazole rings is 1. The van der Waals surface area contributed by atoms with E-state index in [9.17, 15) is 10.1 Å². The predicted molar refractivity (Wildman–Crippen MR) is 80.5 cm³/mol. The minimum absolute atomic E-state index is 0.0214. The Morgan fingerprint density at radius 3 is 2.48 bits per heavy atom. The fraction of sp³-hybridized carbons (Fsp3) is 0. The zero-order valence-electron chi connectivity index (χ0n) is 11.0. The van der Waals surface area contributed by atoms with Gasteiger partial charge in [0.25, 0.3) is 5.69 Å². The molecule has 6 nitrogen and oxygen atoms in total. The number of nitrogens with zero attached hydrogens (tertiary/aromatic N) is 2. The quantitative estimate of drug-likeness (QED) is 0.568. The zero-order chi connectivity index (χ0) is 14.8. The van der Waals surface area contributed by atoms with Crippen molar-refractivity contribution in [2.45, 2.75) is 0 Å². The first kappa shape index (κ1) is 12.9. The SMILES string of the molecule is Nc1nc(-c2cccc([N+](=O)[O-])c2)c(-c2ccccc2)[nH]1. The monoisotopic (exact) mass is 280 g/mol. The van der Waals surface area contributed by atoms with E-state index >= 15 is 0 Å². The Morgan fingerprint density at radius 1 is 1.05 bits per heavy atom. The number of rotatable bonds is 3. The number of non-ortho nitro benzene ring substituents is 1. The molecule has 0 saturated heterocycles. The van der Waals surface area contributed by atoms with Crippen LogP contribution in [0.2, 0.25) is 0 Å². The summed E-state index contributed by atoms with van der Waals surface area (Å²) in [6.45, 7) is 0. The Kier molecular flexibility index (Phi) is 3.12. The number of nitro groups is 1. The van der Waals surface area contributed by atoms with Crippen LogP contribution in [0.15, 0.2) is 54.6 Å². The molecular formula is C15H12N4O2. The van der Waals surface area contributed by atoms with E-state index in [0.29, 0.717) is 11.3 Å². The minimum Gasteiger partial charge on any atom is -0.369 e. The van der Waals surface area contributed by atoms with Crippen LogP contribution in [0.3, 0.4) is 0 Å². The molecule has 1 aromatic heterocycles. The maximum atomic E-state index is 10.9. The number of anilines is 1. The summed E-state index contributed by atoms with van der Waals surface area (Å²) in [7, 11) is 0.